The Morgan fingerprint density at radius 2 is 2.10 bits per heavy atom. The highest BCUT2D eigenvalue weighted by molar-refractivity contribution is 6.30. The smallest absolute Gasteiger partial charge is 0.288 e. The number of carbonyl (C=O) groups is 1. The van der Waals surface area contributed by atoms with Crippen molar-refractivity contribution >= 4 is 34.4 Å². The zero-order valence-corrected chi connectivity index (χ0v) is 11.0. The normalized spacial score (nSPS) is 10.4. The van der Waals surface area contributed by atoms with Crippen molar-refractivity contribution in [2.24, 2.45) is 0 Å². The van der Waals surface area contributed by atoms with E-state index in [1.807, 2.05) is 12.1 Å². The molecule has 3 heterocycles. The van der Waals surface area contributed by atoms with Gasteiger partial charge in [0, 0.05) is 17.8 Å². The number of halogens is 1. The van der Waals surface area contributed by atoms with Gasteiger partial charge in [-0.2, -0.15) is 0 Å². The van der Waals surface area contributed by atoms with Gasteiger partial charge in [-0.3, -0.25) is 15.6 Å². The third kappa shape index (κ3) is 2.55. The van der Waals surface area contributed by atoms with E-state index in [1.54, 1.807) is 24.4 Å². The lowest BCUT2D eigenvalue weighted by Crippen LogP contribution is -2.30. The van der Waals surface area contributed by atoms with Gasteiger partial charge in [-0.1, -0.05) is 11.6 Å². The van der Waals surface area contributed by atoms with Crippen molar-refractivity contribution in [1.82, 2.24) is 20.4 Å². The average Bonchev–Trinajstić information content (AvgIpc) is 2.93. The second kappa shape index (κ2) is 5.18. The molecule has 0 aliphatic heterocycles. The Morgan fingerprint density at radius 3 is 2.90 bits per heavy atom. The predicted molar refractivity (Wildman–Crippen MR) is 76.4 cm³/mol. The third-order valence-corrected chi connectivity index (χ3v) is 2.90. The van der Waals surface area contributed by atoms with Crippen LogP contribution < -0.4 is 10.9 Å². The molecule has 20 heavy (non-hydrogen) atoms. The van der Waals surface area contributed by atoms with Crippen LogP contribution >= 0.6 is 11.6 Å². The van der Waals surface area contributed by atoms with Crippen molar-refractivity contribution in [3.63, 3.8) is 0 Å². The Kier molecular flexibility index (Phi) is 3.22. The highest BCUT2D eigenvalue weighted by Crippen LogP contribution is 2.11. The maximum absolute atomic E-state index is 11.9. The van der Waals surface area contributed by atoms with E-state index in [-0.39, 0.29) is 5.91 Å². The van der Waals surface area contributed by atoms with E-state index in [0.717, 1.165) is 5.39 Å². The van der Waals surface area contributed by atoms with Crippen LogP contribution in [0.25, 0.3) is 11.0 Å². The molecular formula is C13H10ClN5O. The minimum absolute atomic E-state index is 0.307. The quantitative estimate of drug-likeness (QED) is 0.646. The van der Waals surface area contributed by atoms with Crippen LogP contribution in [0.2, 0.25) is 5.02 Å². The van der Waals surface area contributed by atoms with E-state index in [1.165, 1.54) is 6.20 Å². The van der Waals surface area contributed by atoms with Gasteiger partial charge in [0.25, 0.3) is 5.91 Å². The number of hydrazine groups is 1. The van der Waals surface area contributed by atoms with Crippen LogP contribution in [-0.4, -0.2) is 20.9 Å². The number of amides is 1. The summed E-state index contributed by atoms with van der Waals surface area (Å²) in [7, 11) is 0. The van der Waals surface area contributed by atoms with Crippen molar-refractivity contribution < 1.29 is 4.79 Å². The van der Waals surface area contributed by atoms with E-state index in [0.29, 0.717) is 22.2 Å². The van der Waals surface area contributed by atoms with Crippen LogP contribution in [0.4, 0.5) is 5.82 Å². The lowest BCUT2D eigenvalue weighted by atomic mass is 10.3. The van der Waals surface area contributed by atoms with Gasteiger partial charge in [0.15, 0.2) is 0 Å². The number of nitrogens with zero attached hydrogens (tertiary/aromatic N) is 2. The molecule has 0 spiro atoms. The molecule has 0 atom stereocenters. The van der Waals surface area contributed by atoms with E-state index in [9.17, 15) is 4.79 Å². The highest BCUT2D eigenvalue weighted by Gasteiger charge is 2.08. The van der Waals surface area contributed by atoms with Gasteiger partial charge in [-0.15, -0.1) is 0 Å². The minimum Gasteiger partial charge on any atom is -0.346 e. The third-order valence-electron chi connectivity index (χ3n) is 2.67. The molecule has 0 unspecified atom stereocenters. The maximum atomic E-state index is 11.9. The summed E-state index contributed by atoms with van der Waals surface area (Å²) >= 11 is 5.72. The molecule has 1 amide bonds. The first kappa shape index (κ1) is 12.4. The fourth-order valence-corrected chi connectivity index (χ4v) is 1.80. The Labute approximate surface area is 119 Å². The number of anilines is 1. The van der Waals surface area contributed by atoms with Crippen molar-refractivity contribution in [1.29, 1.82) is 0 Å². The number of rotatable bonds is 3. The first-order valence-electron chi connectivity index (χ1n) is 5.84. The fourth-order valence-electron chi connectivity index (χ4n) is 1.69. The Bertz CT molecular complexity index is 753. The molecule has 100 valence electrons. The summed E-state index contributed by atoms with van der Waals surface area (Å²) < 4.78 is 0. The van der Waals surface area contributed by atoms with E-state index in [4.69, 9.17) is 11.6 Å². The van der Waals surface area contributed by atoms with Gasteiger partial charge in [0.2, 0.25) is 0 Å². The number of hydrogen-bond acceptors (Lipinski definition) is 4. The standard InChI is InChI=1S/C13H10ClN5O/c14-9-2-4-11(16-7-9)18-19-13(20)10-3-1-8-5-6-15-12(8)17-10/h1-7H,(H,15,17)(H,16,18)(H,19,20). The van der Waals surface area contributed by atoms with E-state index < -0.39 is 0 Å². The average molecular weight is 288 g/mol. The first-order valence-corrected chi connectivity index (χ1v) is 6.22. The minimum atomic E-state index is -0.349. The summed E-state index contributed by atoms with van der Waals surface area (Å²) in [6.07, 6.45) is 3.26. The van der Waals surface area contributed by atoms with E-state index in [2.05, 4.69) is 25.8 Å². The zero-order valence-electron chi connectivity index (χ0n) is 10.2. The Balaban J connectivity index is 1.70. The van der Waals surface area contributed by atoms with Crippen LogP contribution in [0.3, 0.4) is 0 Å². The predicted octanol–water partition coefficient (Wildman–Crippen LogP) is 2.37. The molecule has 0 radical (unpaired) electrons. The molecule has 0 aromatic carbocycles. The lowest BCUT2D eigenvalue weighted by Gasteiger charge is -2.07. The van der Waals surface area contributed by atoms with Gasteiger partial charge < -0.3 is 4.98 Å². The number of pyridine rings is 2. The SMILES string of the molecule is O=C(NNc1ccc(Cl)cn1)c1ccc2cc[nH]c2n1. The number of fused-ring (bicyclic) bond motifs is 1. The van der Waals surface area contributed by atoms with Crippen LogP contribution in [0, 0.1) is 0 Å². The molecule has 0 aliphatic carbocycles. The van der Waals surface area contributed by atoms with E-state index >= 15 is 0 Å². The van der Waals surface area contributed by atoms with Crippen molar-refractivity contribution in [2.75, 3.05) is 5.43 Å². The van der Waals surface area contributed by atoms with Crippen molar-refractivity contribution in [3.8, 4) is 0 Å². The maximum Gasteiger partial charge on any atom is 0.288 e. The van der Waals surface area contributed by atoms with Crippen LogP contribution in [0.1, 0.15) is 10.5 Å². The van der Waals surface area contributed by atoms with Crippen molar-refractivity contribution in [2.45, 2.75) is 0 Å². The summed E-state index contributed by atoms with van der Waals surface area (Å²) in [5.74, 6) is 0.141. The molecule has 0 saturated heterocycles. The Morgan fingerprint density at radius 1 is 1.20 bits per heavy atom. The lowest BCUT2D eigenvalue weighted by molar-refractivity contribution is 0.0958. The largest absolute Gasteiger partial charge is 0.346 e. The van der Waals surface area contributed by atoms with Gasteiger partial charge in [0.1, 0.15) is 17.2 Å². The van der Waals surface area contributed by atoms with Gasteiger partial charge in [-0.25, -0.2) is 9.97 Å². The molecule has 3 aromatic heterocycles. The molecule has 7 heteroatoms. The number of aromatic amines is 1. The van der Waals surface area contributed by atoms with Crippen molar-refractivity contribution in [3.05, 3.63) is 53.4 Å². The number of hydrogen-bond donors (Lipinski definition) is 3. The summed E-state index contributed by atoms with van der Waals surface area (Å²) in [6, 6.07) is 8.70. The first-order chi connectivity index (χ1) is 9.72. The molecule has 6 nitrogen and oxygen atoms in total. The summed E-state index contributed by atoms with van der Waals surface area (Å²) in [4.78, 5) is 23.1. The molecule has 3 rings (SSSR count). The molecule has 0 saturated carbocycles. The van der Waals surface area contributed by atoms with Gasteiger partial charge in [0.05, 0.1) is 5.02 Å². The summed E-state index contributed by atoms with van der Waals surface area (Å²) in [6.45, 7) is 0. The molecule has 3 aromatic rings. The highest BCUT2D eigenvalue weighted by atomic mass is 35.5. The van der Waals surface area contributed by atoms with Crippen LogP contribution in [-0.2, 0) is 0 Å². The number of nitrogens with one attached hydrogen (secondary N) is 3. The van der Waals surface area contributed by atoms with Gasteiger partial charge >= 0.3 is 0 Å². The number of H-pyrrole nitrogens is 1. The molecular weight excluding hydrogens is 278 g/mol. The topological polar surface area (TPSA) is 82.7 Å². The van der Waals surface area contributed by atoms with Crippen LogP contribution in [0.5, 0.6) is 0 Å². The number of aromatic nitrogens is 3. The molecule has 0 fully saturated rings. The Hall–Kier alpha value is -2.60. The summed E-state index contributed by atoms with van der Waals surface area (Å²) in [5, 5.41) is 1.48. The van der Waals surface area contributed by atoms with Gasteiger partial charge in [-0.05, 0) is 30.3 Å². The monoisotopic (exact) mass is 287 g/mol. The second-order valence-corrected chi connectivity index (χ2v) is 4.49. The fraction of sp³-hybridized carbons (Fsp3) is 0. The molecule has 3 N–H and O–H groups in total. The molecule has 0 bridgehead atoms. The second-order valence-electron chi connectivity index (χ2n) is 4.05. The summed E-state index contributed by atoms with van der Waals surface area (Å²) in [5.41, 5.74) is 6.19. The zero-order chi connectivity index (χ0) is 13.9. The van der Waals surface area contributed by atoms with Crippen LogP contribution in [0.15, 0.2) is 42.7 Å². The molecule has 0 aliphatic rings. The number of carbonyl (C=O) groups excluding carboxylic acids is 1.